The van der Waals surface area contributed by atoms with Crippen molar-refractivity contribution in [3.05, 3.63) is 70.2 Å². The fourth-order valence-electron chi connectivity index (χ4n) is 7.16. The van der Waals surface area contributed by atoms with Gasteiger partial charge in [0, 0.05) is 21.4 Å². The van der Waals surface area contributed by atoms with Gasteiger partial charge >= 0.3 is 0 Å². The highest BCUT2D eigenvalue weighted by Crippen LogP contribution is 2.61. The molecular weight excluding hydrogens is 476 g/mol. The normalized spacial score (nSPS) is 26.8. The molecule has 1 N–H and O–H groups in total. The molecule has 4 aromatic rings. The highest BCUT2D eigenvalue weighted by molar-refractivity contribution is 7.15. The van der Waals surface area contributed by atoms with Gasteiger partial charge in [0.25, 0.3) is 5.91 Å². The molecule has 4 bridgehead atoms. The van der Waals surface area contributed by atoms with E-state index in [4.69, 9.17) is 16.6 Å². The van der Waals surface area contributed by atoms with Crippen molar-refractivity contribution in [1.82, 2.24) is 15.2 Å². The van der Waals surface area contributed by atoms with Crippen LogP contribution in [0, 0.1) is 17.8 Å². The molecule has 0 spiro atoms. The number of anilines is 1. The Balaban J connectivity index is 1.20. The highest BCUT2D eigenvalue weighted by atomic mass is 35.5. The summed E-state index contributed by atoms with van der Waals surface area (Å²) in [5.41, 5.74) is 3.18. The number of halogens is 1. The maximum Gasteiger partial charge on any atom is 0.258 e. The summed E-state index contributed by atoms with van der Waals surface area (Å²) in [6, 6.07) is 17.1. The van der Waals surface area contributed by atoms with Gasteiger partial charge < -0.3 is 0 Å². The van der Waals surface area contributed by atoms with Gasteiger partial charge in [0.05, 0.1) is 16.8 Å². The summed E-state index contributed by atoms with van der Waals surface area (Å²) in [6.45, 7) is 0. The molecule has 0 radical (unpaired) electrons. The van der Waals surface area contributed by atoms with Gasteiger partial charge in [-0.3, -0.25) is 10.1 Å². The second-order valence-electron chi connectivity index (χ2n) is 10.6. The summed E-state index contributed by atoms with van der Waals surface area (Å²) >= 11 is 7.64. The molecule has 4 aliphatic carbocycles. The third kappa shape index (κ3) is 3.74. The number of nitrogens with zero attached hydrogens (tertiary/aromatic N) is 3. The number of carbonyl (C=O) groups is 1. The first-order valence-electron chi connectivity index (χ1n) is 12.4. The van der Waals surface area contributed by atoms with Crippen molar-refractivity contribution >= 4 is 44.9 Å². The summed E-state index contributed by atoms with van der Waals surface area (Å²) in [4.78, 5) is 18.3. The lowest BCUT2D eigenvalue weighted by Gasteiger charge is -2.55. The Morgan fingerprint density at radius 3 is 2.34 bits per heavy atom. The Labute approximate surface area is 213 Å². The lowest BCUT2D eigenvalue weighted by molar-refractivity contribution is -0.00555. The number of para-hydroxylation sites is 1. The molecule has 2 aromatic carbocycles. The lowest BCUT2D eigenvalue weighted by atomic mass is 9.50. The van der Waals surface area contributed by atoms with E-state index in [1.165, 1.54) is 38.5 Å². The van der Waals surface area contributed by atoms with Gasteiger partial charge in [0.2, 0.25) is 5.13 Å². The van der Waals surface area contributed by atoms with Crippen molar-refractivity contribution < 1.29 is 4.79 Å². The molecule has 4 saturated carbocycles. The van der Waals surface area contributed by atoms with Gasteiger partial charge in [0.15, 0.2) is 0 Å². The van der Waals surface area contributed by atoms with Crippen LogP contribution in [0.15, 0.2) is 54.6 Å². The van der Waals surface area contributed by atoms with Crippen LogP contribution >= 0.6 is 22.9 Å². The molecular formula is C28H25ClN4OS. The third-order valence-corrected chi connectivity index (χ3v) is 9.58. The quantitative estimate of drug-likeness (QED) is 0.323. The monoisotopic (exact) mass is 500 g/mol. The molecule has 4 fully saturated rings. The van der Waals surface area contributed by atoms with E-state index in [1.54, 1.807) is 11.3 Å². The zero-order chi connectivity index (χ0) is 23.6. The number of carbonyl (C=O) groups excluding carboxylic acids is 1. The van der Waals surface area contributed by atoms with E-state index in [0.29, 0.717) is 15.7 Å². The molecule has 35 heavy (non-hydrogen) atoms. The molecule has 176 valence electrons. The largest absolute Gasteiger partial charge is 0.296 e. The molecule has 0 atom stereocenters. The molecule has 8 rings (SSSR count). The average molecular weight is 501 g/mol. The Kier molecular flexibility index (Phi) is 4.97. The maximum atomic E-state index is 13.5. The first-order valence-corrected chi connectivity index (χ1v) is 13.6. The molecule has 1 amide bonds. The molecule has 4 aliphatic rings. The predicted octanol–water partition coefficient (Wildman–Crippen LogP) is 7.13. The Morgan fingerprint density at radius 1 is 0.943 bits per heavy atom. The Morgan fingerprint density at radius 2 is 1.63 bits per heavy atom. The van der Waals surface area contributed by atoms with Gasteiger partial charge in [-0.1, -0.05) is 53.3 Å². The molecule has 2 aromatic heterocycles. The number of pyridine rings is 1. The predicted molar refractivity (Wildman–Crippen MR) is 140 cm³/mol. The number of rotatable bonds is 4. The summed E-state index contributed by atoms with van der Waals surface area (Å²) in [5, 5.41) is 15.3. The van der Waals surface area contributed by atoms with Crippen molar-refractivity contribution in [3.63, 3.8) is 0 Å². The van der Waals surface area contributed by atoms with Crippen molar-refractivity contribution in [3.8, 4) is 11.3 Å². The van der Waals surface area contributed by atoms with Crippen LogP contribution in [-0.4, -0.2) is 21.1 Å². The second-order valence-corrected chi connectivity index (χ2v) is 12.1. The summed E-state index contributed by atoms with van der Waals surface area (Å²) in [7, 11) is 0. The highest BCUT2D eigenvalue weighted by Gasteiger charge is 2.53. The number of aromatic nitrogens is 3. The Bertz CT molecular complexity index is 1410. The van der Waals surface area contributed by atoms with E-state index in [2.05, 4.69) is 15.5 Å². The number of amides is 1. The minimum Gasteiger partial charge on any atom is -0.296 e. The number of hydrogen-bond acceptors (Lipinski definition) is 5. The van der Waals surface area contributed by atoms with Crippen LogP contribution in [0.5, 0.6) is 0 Å². The molecule has 0 aliphatic heterocycles. The number of benzene rings is 2. The van der Waals surface area contributed by atoms with Crippen LogP contribution in [-0.2, 0) is 5.41 Å². The zero-order valence-corrected chi connectivity index (χ0v) is 20.8. The Hall–Kier alpha value is -2.83. The molecule has 2 heterocycles. The molecule has 0 unspecified atom stereocenters. The van der Waals surface area contributed by atoms with Crippen LogP contribution in [0.3, 0.4) is 0 Å². The van der Waals surface area contributed by atoms with E-state index in [0.717, 1.165) is 44.9 Å². The summed E-state index contributed by atoms with van der Waals surface area (Å²) in [6.07, 6.45) is 7.90. The number of nitrogens with one attached hydrogen (secondary N) is 1. The van der Waals surface area contributed by atoms with Gasteiger partial charge in [-0.25, -0.2) is 4.98 Å². The van der Waals surface area contributed by atoms with Crippen molar-refractivity contribution in [1.29, 1.82) is 0 Å². The number of fused-ring (bicyclic) bond motifs is 1. The van der Waals surface area contributed by atoms with Crippen LogP contribution in [0.25, 0.3) is 22.2 Å². The van der Waals surface area contributed by atoms with E-state index < -0.39 is 0 Å². The first-order chi connectivity index (χ1) is 17.0. The molecule has 5 nitrogen and oxygen atoms in total. The topological polar surface area (TPSA) is 67.8 Å². The average Bonchev–Trinajstić information content (AvgIpc) is 3.32. The summed E-state index contributed by atoms with van der Waals surface area (Å²) < 4.78 is 0. The van der Waals surface area contributed by atoms with Gasteiger partial charge in [-0.15, -0.1) is 10.2 Å². The van der Waals surface area contributed by atoms with Gasteiger partial charge in [-0.05, 0) is 80.5 Å². The van der Waals surface area contributed by atoms with Gasteiger partial charge in [0.1, 0.15) is 5.01 Å². The first kappa shape index (κ1) is 21.5. The van der Waals surface area contributed by atoms with E-state index in [-0.39, 0.29) is 11.3 Å². The smallest absolute Gasteiger partial charge is 0.258 e. The van der Waals surface area contributed by atoms with Crippen LogP contribution in [0.1, 0.15) is 53.9 Å². The fourth-order valence-corrected chi connectivity index (χ4v) is 8.24. The van der Waals surface area contributed by atoms with Crippen LogP contribution in [0.2, 0.25) is 5.02 Å². The SMILES string of the molecule is O=C(Nc1nnc(C23CC4CC(CC(C4)C2)C3)s1)c1cc(-c2ccc(Cl)cc2)nc2ccccc12. The fraction of sp³-hybridized carbons (Fsp3) is 0.357. The van der Waals surface area contributed by atoms with Crippen LogP contribution in [0.4, 0.5) is 5.13 Å². The van der Waals surface area contributed by atoms with Crippen molar-refractivity contribution in [2.45, 2.75) is 43.9 Å². The van der Waals surface area contributed by atoms with Crippen molar-refractivity contribution in [2.24, 2.45) is 17.8 Å². The standard InChI is InChI=1S/C28H25ClN4OS/c29-20-7-5-19(6-8-20)24-12-22(21-3-1-2-4-23(21)30-24)25(34)31-27-33-32-26(35-27)28-13-16-9-17(14-28)11-18(10-16)15-28/h1-8,12,16-18H,9-11,13-15H2,(H,31,33,34). The van der Waals surface area contributed by atoms with E-state index in [9.17, 15) is 4.79 Å². The zero-order valence-electron chi connectivity index (χ0n) is 19.2. The minimum absolute atomic E-state index is 0.181. The minimum atomic E-state index is -0.188. The molecule has 7 heteroatoms. The second kappa shape index (κ2) is 8.10. The molecule has 0 saturated heterocycles. The maximum absolute atomic E-state index is 13.5. The van der Waals surface area contributed by atoms with Crippen LogP contribution < -0.4 is 5.32 Å². The summed E-state index contributed by atoms with van der Waals surface area (Å²) in [5.74, 6) is 2.35. The van der Waals surface area contributed by atoms with E-state index in [1.807, 2.05) is 54.6 Å². The van der Waals surface area contributed by atoms with Gasteiger partial charge in [-0.2, -0.15) is 0 Å². The lowest BCUT2D eigenvalue weighted by Crippen LogP contribution is -2.48. The van der Waals surface area contributed by atoms with Crippen molar-refractivity contribution in [2.75, 3.05) is 5.32 Å². The number of hydrogen-bond donors (Lipinski definition) is 1. The van der Waals surface area contributed by atoms with E-state index >= 15 is 0 Å². The third-order valence-electron chi connectivity index (χ3n) is 8.24.